The Morgan fingerprint density at radius 1 is 0.938 bits per heavy atom. The van der Waals surface area contributed by atoms with Crippen LogP contribution in [0.1, 0.15) is 35.3 Å². The van der Waals surface area contributed by atoms with Gasteiger partial charge < -0.3 is 15.5 Å². The molecule has 0 radical (unpaired) electrons. The number of amides is 3. The fraction of sp³-hybridized carbons (Fsp3) is 0.192. The number of carbonyl (C=O) groups excluding carboxylic acids is 3. The minimum Gasteiger partial charge on any atom is -0.349 e. The summed E-state index contributed by atoms with van der Waals surface area (Å²) >= 11 is 0. The van der Waals surface area contributed by atoms with Gasteiger partial charge in [0.2, 0.25) is 11.8 Å². The van der Waals surface area contributed by atoms with Crippen LogP contribution in [0.4, 0.5) is 11.4 Å². The number of nitrogens with zero attached hydrogens (tertiary/aromatic N) is 1. The molecule has 0 aliphatic carbocycles. The SMILES string of the molecule is C[C@H](NC(=O)[C@@H]1CC(=O)N(c2ccccc2)C1)c1cccc(NC(=O)c2ccccc2)c1. The topological polar surface area (TPSA) is 78.5 Å². The molecule has 0 spiro atoms. The van der Waals surface area contributed by atoms with Crippen LogP contribution in [0.25, 0.3) is 0 Å². The standard InChI is InChI=1S/C26H25N3O3/c1-18(20-11-8-12-22(15-20)28-25(31)19-9-4-2-5-10-19)27-26(32)21-16-24(30)29(17-21)23-13-6-3-7-14-23/h2-15,18,21H,16-17H2,1H3,(H,27,32)(H,28,31)/t18-,21+/m0/s1. The molecule has 3 amide bonds. The second kappa shape index (κ2) is 9.47. The average Bonchev–Trinajstić information content (AvgIpc) is 3.22. The van der Waals surface area contributed by atoms with Gasteiger partial charge >= 0.3 is 0 Å². The van der Waals surface area contributed by atoms with Gasteiger partial charge in [0.05, 0.1) is 12.0 Å². The van der Waals surface area contributed by atoms with Crippen LogP contribution < -0.4 is 15.5 Å². The summed E-state index contributed by atoms with van der Waals surface area (Å²) in [5.41, 5.74) is 2.91. The first-order valence-electron chi connectivity index (χ1n) is 10.6. The molecule has 1 aliphatic heterocycles. The first kappa shape index (κ1) is 21.3. The number of para-hydroxylation sites is 1. The summed E-state index contributed by atoms with van der Waals surface area (Å²) < 4.78 is 0. The summed E-state index contributed by atoms with van der Waals surface area (Å²) in [6.45, 7) is 2.26. The van der Waals surface area contributed by atoms with Crippen molar-refractivity contribution in [3.8, 4) is 0 Å². The highest BCUT2D eigenvalue weighted by molar-refractivity contribution is 6.04. The molecule has 2 atom stereocenters. The zero-order valence-corrected chi connectivity index (χ0v) is 17.8. The zero-order valence-electron chi connectivity index (χ0n) is 17.8. The van der Waals surface area contributed by atoms with Crippen LogP contribution in [-0.2, 0) is 9.59 Å². The normalized spacial score (nSPS) is 16.5. The fourth-order valence-corrected chi connectivity index (χ4v) is 3.83. The molecular weight excluding hydrogens is 402 g/mol. The molecule has 1 saturated heterocycles. The first-order valence-corrected chi connectivity index (χ1v) is 10.6. The third kappa shape index (κ3) is 4.86. The second-order valence-electron chi connectivity index (χ2n) is 7.92. The Morgan fingerprint density at radius 3 is 2.34 bits per heavy atom. The van der Waals surface area contributed by atoms with E-state index in [4.69, 9.17) is 0 Å². The van der Waals surface area contributed by atoms with Crippen LogP contribution in [0.5, 0.6) is 0 Å². The largest absolute Gasteiger partial charge is 0.349 e. The Hall–Kier alpha value is -3.93. The molecule has 6 heteroatoms. The second-order valence-corrected chi connectivity index (χ2v) is 7.92. The molecule has 4 rings (SSSR count). The van der Waals surface area contributed by atoms with Crippen molar-refractivity contribution in [1.82, 2.24) is 5.32 Å². The Kier molecular flexibility index (Phi) is 6.31. The van der Waals surface area contributed by atoms with E-state index in [1.54, 1.807) is 17.0 Å². The van der Waals surface area contributed by atoms with E-state index < -0.39 is 5.92 Å². The van der Waals surface area contributed by atoms with Gasteiger partial charge in [0.25, 0.3) is 5.91 Å². The molecule has 0 aromatic heterocycles. The lowest BCUT2D eigenvalue weighted by molar-refractivity contribution is -0.126. The predicted molar refractivity (Wildman–Crippen MR) is 124 cm³/mol. The van der Waals surface area contributed by atoms with Crippen LogP contribution in [0.2, 0.25) is 0 Å². The number of rotatable bonds is 6. The van der Waals surface area contributed by atoms with Gasteiger partial charge in [0.15, 0.2) is 0 Å². The molecule has 3 aromatic carbocycles. The van der Waals surface area contributed by atoms with Gasteiger partial charge in [-0.15, -0.1) is 0 Å². The van der Waals surface area contributed by atoms with Crippen molar-refractivity contribution in [2.24, 2.45) is 5.92 Å². The zero-order chi connectivity index (χ0) is 22.5. The van der Waals surface area contributed by atoms with Crippen molar-refractivity contribution < 1.29 is 14.4 Å². The summed E-state index contributed by atoms with van der Waals surface area (Å²) in [4.78, 5) is 39.3. The highest BCUT2D eigenvalue weighted by Gasteiger charge is 2.35. The van der Waals surface area contributed by atoms with E-state index in [-0.39, 0.29) is 30.2 Å². The summed E-state index contributed by atoms with van der Waals surface area (Å²) in [5.74, 6) is -0.784. The third-order valence-electron chi connectivity index (χ3n) is 5.60. The Balaban J connectivity index is 1.38. The average molecular weight is 428 g/mol. The number of nitrogens with one attached hydrogen (secondary N) is 2. The molecule has 2 N–H and O–H groups in total. The van der Waals surface area contributed by atoms with Crippen molar-refractivity contribution in [2.75, 3.05) is 16.8 Å². The predicted octanol–water partition coefficient (Wildman–Crippen LogP) is 4.17. The molecular formula is C26H25N3O3. The summed E-state index contributed by atoms with van der Waals surface area (Å²) in [5, 5.41) is 5.90. The maximum absolute atomic E-state index is 12.8. The van der Waals surface area contributed by atoms with Gasteiger partial charge in [0.1, 0.15) is 0 Å². The van der Waals surface area contributed by atoms with E-state index in [2.05, 4.69) is 10.6 Å². The lowest BCUT2D eigenvalue weighted by atomic mass is 10.0. The summed E-state index contributed by atoms with van der Waals surface area (Å²) in [6, 6.07) is 25.5. The van der Waals surface area contributed by atoms with E-state index in [9.17, 15) is 14.4 Å². The number of benzene rings is 3. The van der Waals surface area contributed by atoms with E-state index in [0.717, 1.165) is 11.3 Å². The van der Waals surface area contributed by atoms with Crippen molar-refractivity contribution in [3.63, 3.8) is 0 Å². The summed E-state index contributed by atoms with van der Waals surface area (Å²) in [7, 11) is 0. The van der Waals surface area contributed by atoms with Gasteiger partial charge in [-0.3, -0.25) is 14.4 Å². The quantitative estimate of drug-likeness (QED) is 0.620. The molecule has 1 fully saturated rings. The molecule has 3 aromatic rings. The van der Waals surface area contributed by atoms with E-state index in [1.165, 1.54) is 0 Å². The highest BCUT2D eigenvalue weighted by atomic mass is 16.2. The molecule has 1 aliphatic rings. The van der Waals surface area contributed by atoms with E-state index >= 15 is 0 Å². The van der Waals surface area contributed by atoms with Gasteiger partial charge in [-0.05, 0) is 48.9 Å². The molecule has 32 heavy (non-hydrogen) atoms. The van der Waals surface area contributed by atoms with E-state index in [0.29, 0.717) is 17.8 Å². The number of carbonyl (C=O) groups is 3. The lowest BCUT2D eigenvalue weighted by Gasteiger charge is -2.19. The molecule has 162 valence electrons. The lowest BCUT2D eigenvalue weighted by Crippen LogP contribution is -2.34. The number of hydrogen-bond donors (Lipinski definition) is 2. The molecule has 0 saturated carbocycles. The smallest absolute Gasteiger partial charge is 0.255 e. The monoisotopic (exact) mass is 427 g/mol. The highest BCUT2D eigenvalue weighted by Crippen LogP contribution is 2.26. The molecule has 0 bridgehead atoms. The summed E-state index contributed by atoms with van der Waals surface area (Å²) in [6.07, 6.45) is 0.195. The Bertz CT molecular complexity index is 1120. The minimum atomic E-state index is -0.397. The molecule has 0 unspecified atom stereocenters. The number of anilines is 2. The fourth-order valence-electron chi connectivity index (χ4n) is 3.83. The van der Waals surface area contributed by atoms with E-state index in [1.807, 2.05) is 79.7 Å². The minimum absolute atomic E-state index is 0.0466. The van der Waals surface area contributed by atoms with Gasteiger partial charge in [-0.25, -0.2) is 0 Å². The van der Waals surface area contributed by atoms with Gasteiger partial charge in [0, 0.05) is 29.9 Å². The van der Waals surface area contributed by atoms with Crippen LogP contribution >= 0.6 is 0 Å². The van der Waals surface area contributed by atoms with Crippen LogP contribution in [0.3, 0.4) is 0 Å². The van der Waals surface area contributed by atoms with Gasteiger partial charge in [-0.1, -0.05) is 48.5 Å². The third-order valence-corrected chi connectivity index (χ3v) is 5.60. The van der Waals surface area contributed by atoms with Crippen molar-refractivity contribution in [1.29, 1.82) is 0 Å². The number of hydrogen-bond acceptors (Lipinski definition) is 3. The van der Waals surface area contributed by atoms with Crippen LogP contribution in [0.15, 0.2) is 84.9 Å². The first-order chi connectivity index (χ1) is 15.5. The maximum Gasteiger partial charge on any atom is 0.255 e. The Labute approximate surface area is 187 Å². The van der Waals surface area contributed by atoms with Crippen molar-refractivity contribution in [2.45, 2.75) is 19.4 Å². The molecule has 1 heterocycles. The maximum atomic E-state index is 12.8. The Morgan fingerprint density at radius 2 is 1.62 bits per heavy atom. The van der Waals surface area contributed by atoms with Crippen molar-refractivity contribution in [3.05, 3.63) is 96.1 Å². The van der Waals surface area contributed by atoms with Crippen LogP contribution in [-0.4, -0.2) is 24.3 Å². The molecule has 6 nitrogen and oxygen atoms in total. The van der Waals surface area contributed by atoms with Crippen molar-refractivity contribution >= 4 is 29.1 Å². The van der Waals surface area contributed by atoms with Crippen LogP contribution in [0, 0.1) is 5.92 Å². The van der Waals surface area contributed by atoms with Gasteiger partial charge in [-0.2, -0.15) is 0 Å².